The Bertz CT molecular complexity index is 759. The summed E-state index contributed by atoms with van der Waals surface area (Å²) in [5.41, 5.74) is 2.06. The standard InChI is InChI=1S/C17H16FNO3/c1-10-15(17(21)22-3)11(2)19-16(10)14(20)9-8-12-6-4-5-7-13(12)18/h4-9,19H,1-3H3. The lowest BCUT2D eigenvalue weighted by Gasteiger charge is -1.99. The van der Waals surface area contributed by atoms with Crippen LogP contribution in [0.5, 0.6) is 0 Å². The van der Waals surface area contributed by atoms with Gasteiger partial charge in [-0.3, -0.25) is 4.79 Å². The van der Waals surface area contributed by atoms with Gasteiger partial charge in [-0.1, -0.05) is 18.2 Å². The van der Waals surface area contributed by atoms with E-state index in [1.165, 1.54) is 25.3 Å². The van der Waals surface area contributed by atoms with Gasteiger partial charge in [0, 0.05) is 11.3 Å². The maximum atomic E-state index is 13.5. The number of aryl methyl sites for hydroxylation is 1. The minimum Gasteiger partial charge on any atom is -0.465 e. The predicted octanol–water partition coefficient (Wildman–Crippen LogP) is 3.45. The molecule has 0 fully saturated rings. The monoisotopic (exact) mass is 301 g/mol. The highest BCUT2D eigenvalue weighted by molar-refractivity contribution is 6.08. The molecule has 2 aromatic rings. The molecule has 0 radical (unpaired) electrons. The maximum absolute atomic E-state index is 13.5. The molecule has 0 bridgehead atoms. The number of methoxy groups -OCH3 is 1. The van der Waals surface area contributed by atoms with Gasteiger partial charge in [0.05, 0.1) is 18.4 Å². The molecule has 114 valence electrons. The number of allylic oxidation sites excluding steroid dienone is 1. The highest BCUT2D eigenvalue weighted by atomic mass is 19.1. The first kappa shape index (κ1) is 15.7. The van der Waals surface area contributed by atoms with Crippen LogP contribution < -0.4 is 0 Å². The lowest BCUT2D eigenvalue weighted by molar-refractivity contribution is 0.0599. The minimum atomic E-state index is -0.497. The summed E-state index contributed by atoms with van der Waals surface area (Å²) in [5, 5.41) is 0. The lowest BCUT2D eigenvalue weighted by atomic mass is 10.1. The molecule has 0 atom stereocenters. The molecule has 22 heavy (non-hydrogen) atoms. The van der Waals surface area contributed by atoms with E-state index in [-0.39, 0.29) is 5.78 Å². The average Bonchev–Trinajstić information content (AvgIpc) is 2.80. The molecule has 0 aliphatic rings. The van der Waals surface area contributed by atoms with Crippen LogP contribution in [0.4, 0.5) is 4.39 Å². The fourth-order valence-corrected chi connectivity index (χ4v) is 2.26. The van der Waals surface area contributed by atoms with Gasteiger partial charge in [-0.2, -0.15) is 0 Å². The molecule has 0 spiro atoms. The Morgan fingerprint density at radius 2 is 1.91 bits per heavy atom. The number of ether oxygens (including phenoxy) is 1. The van der Waals surface area contributed by atoms with Crippen molar-refractivity contribution in [3.05, 3.63) is 64.2 Å². The van der Waals surface area contributed by atoms with E-state index >= 15 is 0 Å². The molecule has 0 amide bonds. The molecule has 1 N–H and O–H groups in total. The lowest BCUT2D eigenvalue weighted by Crippen LogP contribution is -2.04. The Hall–Kier alpha value is -2.69. The van der Waals surface area contributed by atoms with Crippen molar-refractivity contribution in [2.45, 2.75) is 13.8 Å². The van der Waals surface area contributed by atoms with Crippen molar-refractivity contribution in [2.24, 2.45) is 0 Å². The van der Waals surface area contributed by atoms with Gasteiger partial charge in [-0.25, -0.2) is 9.18 Å². The van der Waals surface area contributed by atoms with Crippen LogP contribution in [-0.4, -0.2) is 23.8 Å². The van der Waals surface area contributed by atoms with Crippen LogP contribution in [0.1, 0.15) is 37.7 Å². The number of rotatable bonds is 4. The van der Waals surface area contributed by atoms with Crippen molar-refractivity contribution in [3.63, 3.8) is 0 Å². The maximum Gasteiger partial charge on any atom is 0.339 e. The van der Waals surface area contributed by atoms with Gasteiger partial charge < -0.3 is 9.72 Å². The van der Waals surface area contributed by atoms with Crippen LogP contribution in [0, 0.1) is 19.7 Å². The summed E-state index contributed by atoms with van der Waals surface area (Å²) in [6, 6.07) is 6.16. The molecule has 5 heteroatoms. The van der Waals surface area contributed by atoms with Gasteiger partial charge in [0.15, 0.2) is 0 Å². The topological polar surface area (TPSA) is 59.2 Å². The van der Waals surface area contributed by atoms with Crippen LogP contribution in [-0.2, 0) is 4.74 Å². The molecule has 0 aliphatic heterocycles. The summed E-state index contributed by atoms with van der Waals surface area (Å²) in [6.07, 6.45) is 2.68. The Balaban J connectivity index is 2.31. The highest BCUT2D eigenvalue weighted by Gasteiger charge is 2.21. The van der Waals surface area contributed by atoms with Crippen molar-refractivity contribution in [3.8, 4) is 0 Å². The fraction of sp³-hybridized carbons (Fsp3) is 0.176. The van der Waals surface area contributed by atoms with E-state index < -0.39 is 11.8 Å². The van der Waals surface area contributed by atoms with E-state index in [0.29, 0.717) is 28.1 Å². The van der Waals surface area contributed by atoms with E-state index in [9.17, 15) is 14.0 Å². The zero-order chi connectivity index (χ0) is 16.3. The largest absolute Gasteiger partial charge is 0.465 e. The van der Waals surface area contributed by atoms with Gasteiger partial charge in [-0.05, 0) is 37.6 Å². The number of hydrogen-bond donors (Lipinski definition) is 1. The summed E-state index contributed by atoms with van der Waals surface area (Å²) in [7, 11) is 1.29. The first-order chi connectivity index (χ1) is 10.5. The number of hydrogen-bond acceptors (Lipinski definition) is 3. The number of H-pyrrole nitrogens is 1. The van der Waals surface area contributed by atoms with E-state index in [0.717, 1.165) is 0 Å². The van der Waals surface area contributed by atoms with Crippen molar-refractivity contribution >= 4 is 17.8 Å². The van der Waals surface area contributed by atoms with E-state index in [4.69, 9.17) is 4.74 Å². The number of ketones is 1. The molecule has 2 rings (SSSR count). The van der Waals surface area contributed by atoms with Crippen LogP contribution in [0.3, 0.4) is 0 Å². The normalized spacial score (nSPS) is 10.9. The smallest absolute Gasteiger partial charge is 0.339 e. The number of esters is 1. The third-order valence-corrected chi connectivity index (χ3v) is 3.39. The molecule has 0 saturated carbocycles. The van der Waals surface area contributed by atoms with Crippen molar-refractivity contribution in [1.29, 1.82) is 0 Å². The second-order valence-electron chi connectivity index (χ2n) is 4.84. The number of benzene rings is 1. The summed E-state index contributed by atoms with van der Waals surface area (Å²) in [6.45, 7) is 3.36. The first-order valence-corrected chi connectivity index (χ1v) is 6.70. The summed E-state index contributed by atoms with van der Waals surface area (Å²) in [4.78, 5) is 26.8. The minimum absolute atomic E-state index is 0.297. The zero-order valence-electron chi connectivity index (χ0n) is 12.6. The number of nitrogens with one attached hydrogen (secondary N) is 1. The fourth-order valence-electron chi connectivity index (χ4n) is 2.26. The number of carbonyl (C=O) groups excluding carboxylic acids is 2. The Morgan fingerprint density at radius 1 is 1.23 bits per heavy atom. The van der Waals surface area contributed by atoms with Gasteiger partial charge in [0.1, 0.15) is 5.82 Å². The molecule has 1 heterocycles. The highest BCUT2D eigenvalue weighted by Crippen LogP contribution is 2.20. The predicted molar refractivity (Wildman–Crippen MR) is 81.4 cm³/mol. The van der Waals surface area contributed by atoms with Gasteiger partial charge in [0.25, 0.3) is 0 Å². The summed E-state index contributed by atoms with van der Waals surface area (Å²) < 4.78 is 18.2. The number of aromatic amines is 1. The van der Waals surface area contributed by atoms with E-state index in [1.54, 1.807) is 32.0 Å². The molecule has 1 aromatic heterocycles. The van der Waals surface area contributed by atoms with Crippen molar-refractivity contribution in [1.82, 2.24) is 4.98 Å². The SMILES string of the molecule is COC(=O)c1c(C)[nH]c(C(=O)C=Cc2ccccc2F)c1C. The van der Waals surface area contributed by atoms with Crippen molar-refractivity contribution in [2.75, 3.05) is 7.11 Å². The van der Waals surface area contributed by atoms with Gasteiger partial charge >= 0.3 is 5.97 Å². The summed E-state index contributed by atoms with van der Waals surface area (Å²) >= 11 is 0. The van der Waals surface area contributed by atoms with Crippen LogP contribution in [0.25, 0.3) is 6.08 Å². The van der Waals surface area contributed by atoms with Crippen molar-refractivity contribution < 1.29 is 18.7 Å². The Morgan fingerprint density at radius 3 is 2.55 bits per heavy atom. The number of carbonyl (C=O) groups is 2. The zero-order valence-corrected chi connectivity index (χ0v) is 12.6. The quantitative estimate of drug-likeness (QED) is 0.534. The number of aromatic nitrogens is 1. The molecule has 1 aromatic carbocycles. The van der Waals surface area contributed by atoms with E-state index in [1.807, 2.05) is 0 Å². The third kappa shape index (κ3) is 2.98. The number of halogens is 1. The van der Waals surface area contributed by atoms with Crippen LogP contribution in [0.2, 0.25) is 0 Å². The molecular weight excluding hydrogens is 285 g/mol. The molecule has 0 unspecified atom stereocenters. The second-order valence-corrected chi connectivity index (χ2v) is 4.84. The van der Waals surface area contributed by atoms with Crippen LogP contribution in [0.15, 0.2) is 30.3 Å². The average molecular weight is 301 g/mol. The molecule has 4 nitrogen and oxygen atoms in total. The molecule has 0 aliphatic carbocycles. The third-order valence-electron chi connectivity index (χ3n) is 3.39. The second kappa shape index (κ2) is 6.39. The summed E-state index contributed by atoms with van der Waals surface area (Å²) in [5.74, 6) is -1.23. The van der Waals surface area contributed by atoms with Gasteiger partial charge in [-0.15, -0.1) is 0 Å². The molecular formula is C17H16FNO3. The molecule has 0 saturated heterocycles. The van der Waals surface area contributed by atoms with Crippen LogP contribution >= 0.6 is 0 Å². The van der Waals surface area contributed by atoms with E-state index in [2.05, 4.69) is 4.98 Å². The Labute approximate surface area is 127 Å². The van der Waals surface area contributed by atoms with Gasteiger partial charge in [0.2, 0.25) is 5.78 Å². The Kier molecular flexibility index (Phi) is 4.56. The first-order valence-electron chi connectivity index (χ1n) is 6.70.